The first-order valence-corrected chi connectivity index (χ1v) is 19.0. The molecular formula is C33H64NNa2O9P. The second-order valence-corrected chi connectivity index (χ2v) is 13.1. The fourth-order valence-corrected chi connectivity index (χ4v) is 5.30. The molecule has 0 bridgehead atoms. The number of amides is 1. The summed E-state index contributed by atoms with van der Waals surface area (Å²) in [5, 5.41) is 2.84. The third-order valence-corrected chi connectivity index (χ3v) is 7.98. The predicted molar refractivity (Wildman–Crippen MR) is 171 cm³/mol. The molecule has 0 aromatic rings. The van der Waals surface area contributed by atoms with Crippen molar-refractivity contribution in [1.29, 1.82) is 0 Å². The van der Waals surface area contributed by atoms with Crippen molar-refractivity contribution in [3.63, 3.8) is 0 Å². The molecule has 0 fully saturated rings. The van der Waals surface area contributed by atoms with Crippen molar-refractivity contribution in [2.75, 3.05) is 33.2 Å². The van der Waals surface area contributed by atoms with Crippen LogP contribution in [0.3, 0.4) is 0 Å². The van der Waals surface area contributed by atoms with Gasteiger partial charge in [0, 0.05) is 26.5 Å². The van der Waals surface area contributed by atoms with Crippen molar-refractivity contribution in [2.24, 2.45) is 0 Å². The van der Waals surface area contributed by atoms with E-state index >= 15 is 0 Å². The quantitative estimate of drug-likeness (QED) is 0.0341. The summed E-state index contributed by atoms with van der Waals surface area (Å²) in [5.41, 5.74) is 0. The number of phosphoric acid groups is 1. The number of hydrogen-bond acceptors (Lipinski definition) is 9. The minimum Gasteiger partial charge on any atom is -0.790 e. The number of esters is 1. The van der Waals surface area contributed by atoms with Crippen LogP contribution >= 0.6 is 7.82 Å². The number of phosphoric ester groups is 1. The molecule has 0 saturated heterocycles. The molecule has 262 valence electrons. The third-order valence-electron chi connectivity index (χ3n) is 7.51. The topological polar surface area (TPSA) is 146 Å². The van der Waals surface area contributed by atoms with E-state index in [1.165, 1.54) is 96.3 Å². The van der Waals surface area contributed by atoms with E-state index in [9.17, 15) is 23.9 Å². The van der Waals surface area contributed by atoms with Crippen LogP contribution in [0, 0.1) is 0 Å². The normalized spacial score (nSPS) is 11.8. The van der Waals surface area contributed by atoms with E-state index in [0.29, 0.717) is 13.0 Å². The van der Waals surface area contributed by atoms with Crippen LogP contribution in [0.2, 0.25) is 0 Å². The molecule has 0 aromatic heterocycles. The van der Waals surface area contributed by atoms with Gasteiger partial charge in [-0.05, 0) is 19.3 Å². The first kappa shape index (κ1) is 51.3. The molecule has 0 aliphatic carbocycles. The molecule has 0 unspecified atom stereocenters. The van der Waals surface area contributed by atoms with Crippen LogP contribution < -0.4 is 74.2 Å². The van der Waals surface area contributed by atoms with E-state index in [1.54, 1.807) is 6.92 Å². The maximum atomic E-state index is 12.2. The molecule has 1 atom stereocenters. The fourth-order valence-electron chi connectivity index (χ4n) is 4.95. The Balaban J connectivity index is -0.00000924. The summed E-state index contributed by atoms with van der Waals surface area (Å²) in [7, 11) is -5.18. The Hall–Kier alpha value is 0.970. The Bertz CT molecular complexity index is 717. The van der Waals surface area contributed by atoms with E-state index in [1.807, 2.05) is 0 Å². The van der Waals surface area contributed by atoms with Crippen LogP contribution in [0.1, 0.15) is 162 Å². The van der Waals surface area contributed by atoms with Crippen LogP contribution in [0.4, 0.5) is 0 Å². The average Bonchev–Trinajstić information content (AvgIpc) is 2.97. The molecule has 0 heterocycles. The molecule has 0 rings (SSSR count). The van der Waals surface area contributed by atoms with E-state index in [0.717, 1.165) is 45.1 Å². The van der Waals surface area contributed by atoms with Crippen LogP contribution in [-0.4, -0.2) is 51.1 Å². The van der Waals surface area contributed by atoms with Crippen LogP contribution in [0.25, 0.3) is 0 Å². The average molecular weight is 696 g/mol. The van der Waals surface area contributed by atoms with Gasteiger partial charge in [-0.2, -0.15) is 0 Å². The van der Waals surface area contributed by atoms with Gasteiger partial charge < -0.3 is 38.4 Å². The Labute approximate surface area is 325 Å². The van der Waals surface area contributed by atoms with Gasteiger partial charge in [-0.3, -0.25) is 9.59 Å². The zero-order valence-corrected chi connectivity index (χ0v) is 34.9. The molecular weight excluding hydrogens is 631 g/mol. The molecule has 0 spiro atoms. The number of nitrogens with one attached hydrogen (secondary N) is 1. The molecule has 0 aliphatic rings. The second-order valence-electron chi connectivity index (χ2n) is 11.9. The fraction of sp³-hybridized carbons (Fsp3) is 0.939. The monoisotopic (exact) mass is 695 g/mol. The van der Waals surface area contributed by atoms with Gasteiger partial charge in [0.1, 0.15) is 12.9 Å². The zero-order valence-electron chi connectivity index (χ0n) is 30.0. The summed E-state index contributed by atoms with van der Waals surface area (Å²) in [6.45, 7) is 4.44. The van der Waals surface area contributed by atoms with E-state index in [-0.39, 0.29) is 84.8 Å². The number of ether oxygens (including phenoxy) is 3. The molecule has 13 heteroatoms. The summed E-state index contributed by atoms with van der Waals surface area (Å²) in [6, 6.07) is 0. The Morgan fingerprint density at radius 2 is 1.11 bits per heavy atom. The third kappa shape index (κ3) is 43.0. The molecule has 1 N–H and O–H groups in total. The first-order chi connectivity index (χ1) is 21.2. The smallest absolute Gasteiger partial charge is 0.790 e. The SMILES string of the molecule is CCCCCCCCCCCC(=O)O[C@H](COCOCCCCCCCCCCCCCCCNC(C)=O)COP(=O)([O-])[O-].[Na+].[Na+]. The number of unbranched alkanes of at least 4 members (excludes halogenated alkanes) is 20. The number of carbonyl (C=O) groups excluding carboxylic acids is 2. The van der Waals surface area contributed by atoms with Gasteiger partial charge in [-0.15, -0.1) is 0 Å². The largest absolute Gasteiger partial charge is 1.00 e. The summed E-state index contributed by atoms with van der Waals surface area (Å²) < 4.78 is 31.4. The molecule has 46 heavy (non-hydrogen) atoms. The van der Waals surface area contributed by atoms with E-state index in [4.69, 9.17) is 14.2 Å². The zero-order chi connectivity index (χ0) is 32.6. The maximum Gasteiger partial charge on any atom is 1.00 e. The van der Waals surface area contributed by atoms with Crippen molar-refractivity contribution in [2.45, 2.75) is 168 Å². The standard InChI is InChI=1S/C33H66NO9P.2Na/c1-3-4-5-6-7-13-16-19-22-25-33(36)43-32(29-42-44(37,38)39)28-41-30-40-27-24-21-18-15-12-10-8-9-11-14-17-20-23-26-34-31(2)35;;/h32H,3-30H2,1-2H3,(H,34,35)(H2,37,38,39);;/q;2*+1/p-2/t32-;;/m1../s1. The summed E-state index contributed by atoms with van der Waals surface area (Å²) >= 11 is 0. The summed E-state index contributed by atoms with van der Waals surface area (Å²) in [5.74, 6) is -0.401. The molecule has 1 amide bonds. The Morgan fingerprint density at radius 1 is 0.652 bits per heavy atom. The second kappa shape index (κ2) is 38.8. The minimum absolute atomic E-state index is 0. The predicted octanol–water partition coefficient (Wildman–Crippen LogP) is 0.871. The Kier molecular flexibility index (Phi) is 43.3. The van der Waals surface area contributed by atoms with Gasteiger partial charge in [-0.1, -0.05) is 129 Å². The van der Waals surface area contributed by atoms with Crippen LogP contribution in [-0.2, 0) is 32.9 Å². The van der Waals surface area contributed by atoms with Crippen molar-refractivity contribution in [3.05, 3.63) is 0 Å². The molecule has 0 aromatic carbocycles. The van der Waals surface area contributed by atoms with Gasteiger partial charge in [0.05, 0.1) is 21.0 Å². The van der Waals surface area contributed by atoms with Crippen molar-refractivity contribution >= 4 is 19.7 Å². The van der Waals surface area contributed by atoms with Gasteiger partial charge >= 0.3 is 65.1 Å². The van der Waals surface area contributed by atoms with Crippen molar-refractivity contribution < 1.29 is 102 Å². The van der Waals surface area contributed by atoms with Gasteiger partial charge in [0.2, 0.25) is 5.91 Å². The van der Waals surface area contributed by atoms with Crippen molar-refractivity contribution in [3.8, 4) is 0 Å². The number of rotatable bonds is 34. The van der Waals surface area contributed by atoms with Gasteiger partial charge in [0.25, 0.3) is 0 Å². The molecule has 0 saturated carbocycles. The van der Waals surface area contributed by atoms with Gasteiger partial charge in [-0.25, -0.2) is 0 Å². The minimum atomic E-state index is -5.18. The summed E-state index contributed by atoms with van der Waals surface area (Å²) in [4.78, 5) is 44.8. The summed E-state index contributed by atoms with van der Waals surface area (Å²) in [6.07, 6.45) is 25.1. The number of carbonyl (C=O) groups is 2. The van der Waals surface area contributed by atoms with Crippen LogP contribution in [0.15, 0.2) is 0 Å². The molecule has 0 aliphatic heterocycles. The van der Waals surface area contributed by atoms with E-state index < -0.39 is 26.5 Å². The number of hydrogen-bond donors (Lipinski definition) is 1. The van der Waals surface area contributed by atoms with Crippen molar-refractivity contribution in [1.82, 2.24) is 5.32 Å². The Morgan fingerprint density at radius 3 is 1.59 bits per heavy atom. The first-order valence-electron chi connectivity index (χ1n) is 17.5. The van der Waals surface area contributed by atoms with Gasteiger partial charge in [0.15, 0.2) is 0 Å². The molecule has 0 radical (unpaired) electrons. The van der Waals surface area contributed by atoms with E-state index in [2.05, 4.69) is 16.8 Å². The van der Waals surface area contributed by atoms with Crippen LogP contribution in [0.5, 0.6) is 0 Å². The maximum absolute atomic E-state index is 12.2. The molecule has 10 nitrogen and oxygen atoms in total.